The van der Waals surface area contributed by atoms with Crippen molar-refractivity contribution in [1.29, 1.82) is 0 Å². The maximum absolute atomic E-state index is 13.3. The summed E-state index contributed by atoms with van der Waals surface area (Å²) in [4.78, 5) is 26.7. The van der Waals surface area contributed by atoms with Crippen molar-refractivity contribution < 1.29 is 23.8 Å². The van der Waals surface area contributed by atoms with Crippen LogP contribution in [0.25, 0.3) is 0 Å². The van der Waals surface area contributed by atoms with Gasteiger partial charge in [0.05, 0.1) is 19.8 Å². The smallest absolute Gasteiger partial charge is 0.406 e. The number of methoxy groups -OCH3 is 1. The van der Waals surface area contributed by atoms with Gasteiger partial charge in [0.1, 0.15) is 0 Å². The van der Waals surface area contributed by atoms with Gasteiger partial charge in [0.25, 0.3) is 0 Å². The zero-order valence-corrected chi connectivity index (χ0v) is 23.1. The fourth-order valence-electron chi connectivity index (χ4n) is 5.53. The molecule has 0 spiro atoms. The summed E-state index contributed by atoms with van der Waals surface area (Å²) in [5.41, 5.74) is 0.992. The standard InChI is InChI=1S/C28H44ClN3O5/c1-3-30-25(17-21-7-6-15-36-20-21)11-12-26(33)32-14-5-9-23(19-32)27(22-8-4-10-24(29)18-22)37-16-13-31-28(34)35-2/h4,8,10,18,21,23,25,27,30H,3,5-7,9,11-17,19-20H2,1-2H3,(H,31,34)/t21-,23-,25-,27+/m1/s1. The summed E-state index contributed by atoms with van der Waals surface area (Å²) >= 11 is 6.29. The van der Waals surface area contributed by atoms with Crippen molar-refractivity contribution in [3.05, 3.63) is 34.9 Å². The van der Waals surface area contributed by atoms with E-state index in [9.17, 15) is 9.59 Å². The van der Waals surface area contributed by atoms with Crippen molar-refractivity contribution in [3.63, 3.8) is 0 Å². The van der Waals surface area contributed by atoms with Gasteiger partial charge >= 0.3 is 6.09 Å². The van der Waals surface area contributed by atoms with Crippen LogP contribution in [0.4, 0.5) is 4.79 Å². The lowest BCUT2D eigenvalue weighted by atomic mass is 9.88. The number of carbonyl (C=O) groups excluding carboxylic acids is 2. The molecule has 2 amide bonds. The Kier molecular flexibility index (Phi) is 13.0. The van der Waals surface area contributed by atoms with Crippen LogP contribution < -0.4 is 10.6 Å². The van der Waals surface area contributed by atoms with Gasteiger partial charge in [-0.15, -0.1) is 0 Å². The number of likely N-dealkylation sites (tertiary alicyclic amines) is 1. The molecule has 0 radical (unpaired) electrons. The molecule has 2 N–H and O–H groups in total. The predicted octanol–water partition coefficient (Wildman–Crippen LogP) is 4.57. The zero-order valence-electron chi connectivity index (χ0n) is 22.4. The van der Waals surface area contributed by atoms with Gasteiger partial charge in [-0.25, -0.2) is 4.79 Å². The van der Waals surface area contributed by atoms with E-state index < -0.39 is 6.09 Å². The largest absolute Gasteiger partial charge is 0.453 e. The number of hydrogen-bond acceptors (Lipinski definition) is 6. The Hall–Kier alpha value is -1.87. The van der Waals surface area contributed by atoms with E-state index in [0.29, 0.717) is 43.1 Å². The van der Waals surface area contributed by atoms with Gasteiger partial charge in [-0.1, -0.05) is 30.7 Å². The molecule has 4 atom stereocenters. The first-order chi connectivity index (χ1) is 18.0. The van der Waals surface area contributed by atoms with Crippen molar-refractivity contribution in [2.75, 3.05) is 53.1 Å². The molecule has 3 rings (SSSR count). The summed E-state index contributed by atoms with van der Waals surface area (Å²) in [6.45, 7) is 6.86. The second kappa shape index (κ2) is 16.2. The summed E-state index contributed by atoms with van der Waals surface area (Å²) in [5.74, 6) is 0.944. The monoisotopic (exact) mass is 537 g/mol. The number of rotatable bonds is 13. The summed E-state index contributed by atoms with van der Waals surface area (Å²) in [6, 6.07) is 8.05. The minimum absolute atomic E-state index is 0.151. The number of carbonyl (C=O) groups is 2. The van der Waals surface area contributed by atoms with Gasteiger partial charge in [0.15, 0.2) is 0 Å². The highest BCUT2D eigenvalue weighted by Gasteiger charge is 2.31. The van der Waals surface area contributed by atoms with Crippen LogP contribution in [0.5, 0.6) is 0 Å². The SMILES string of the molecule is CCN[C@H](CCC(=O)N1CCC[C@@H]([C@@H](OCCNC(=O)OC)c2cccc(Cl)c2)C1)C[C@H]1CCCOC1. The number of benzene rings is 1. The normalized spacial score (nSPS) is 21.8. The minimum atomic E-state index is -0.482. The Balaban J connectivity index is 1.57. The van der Waals surface area contributed by atoms with Gasteiger partial charge in [-0.3, -0.25) is 4.79 Å². The van der Waals surface area contributed by atoms with E-state index in [1.54, 1.807) is 0 Å². The van der Waals surface area contributed by atoms with E-state index in [1.165, 1.54) is 13.5 Å². The van der Waals surface area contributed by atoms with Gasteiger partial charge in [-0.2, -0.15) is 0 Å². The molecule has 1 aromatic rings. The van der Waals surface area contributed by atoms with E-state index in [0.717, 1.165) is 64.0 Å². The number of halogens is 1. The summed E-state index contributed by atoms with van der Waals surface area (Å²) in [7, 11) is 1.34. The van der Waals surface area contributed by atoms with Crippen molar-refractivity contribution >= 4 is 23.6 Å². The third-order valence-corrected chi connectivity index (χ3v) is 7.58. The van der Waals surface area contributed by atoms with Crippen molar-refractivity contribution in [2.45, 2.75) is 64.0 Å². The summed E-state index contributed by atoms with van der Waals surface area (Å²) < 4.78 is 16.6. The third-order valence-electron chi connectivity index (χ3n) is 7.34. The molecule has 0 saturated carbocycles. The molecule has 2 saturated heterocycles. The van der Waals surface area contributed by atoms with E-state index in [4.69, 9.17) is 21.1 Å². The van der Waals surface area contributed by atoms with Crippen LogP contribution >= 0.6 is 11.6 Å². The molecule has 37 heavy (non-hydrogen) atoms. The molecule has 2 fully saturated rings. The van der Waals surface area contributed by atoms with Crippen molar-refractivity contribution in [2.24, 2.45) is 11.8 Å². The Morgan fingerprint density at radius 3 is 2.86 bits per heavy atom. The molecule has 0 unspecified atom stereocenters. The average molecular weight is 538 g/mol. The highest BCUT2D eigenvalue weighted by molar-refractivity contribution is 6.30. The van der Waals surface area contributed by atoms with Crippen LogP contribution in [-0.4, -0.2) is 76.1 Å². The highest BCUT2D eigenvalue weighted by Crippen LogP contribution is 2.34. The van der Waals surface area contributed by atoms with Crippen LogP contribution in [0.15, 0.2) is 24.3 Å². The van der Waals surface area contributed by atoms with E-state index in [1.807, 2.05) is 29.2 Å². The molecule has 2 aliphatic heterocycles. The number of amides is 2. The first-order valence-corrected chi connectivity index (χ1v) is 14.2. The minimum Gasteiger partial charge on any atom is -0.453 e. The molecule has 2 heterocycles. The number of alkyl carbamates (subject to hydrolysis) is 1. The second-order valence-electron chi connectivity index (χ2n) is 10.1. The molecule has 1 aromatic carbocycles. The van der Waals surface area contributed by atoms with E-state index in [2.05, 4.69) is 22.3 Å². The molecule has 8 nitrogen and oxygen atoms in total. The number of nitrogens with zero attached hydrogens (tertiary/aromatic N) is 1. The summed E-state index contributed by atoms with van der Waals surface area (Å²) in [6.07, 6.45) is 6.00. The molecule has 0 bridgehead atoms. The second-order valence-corrected chi connectivity index (χ2v) is 10.6. The van der Waals surface area contributed by atoms with Crippen molar-refractivity contribution in [1.82, 2.24) is 15.5 Å². The maximum Gasteiger partial charge on any atom is 0.406 e. The Labute approximate surface area is 226 Å². The Bertz CT molecular complexity index is 836. The molecular formula is C28H44ClN3O5. The van der Waals surface area contributed by atoms with E-state index in [-0.39, 0.29) is 17.9 Å². The summed E-state index contributed by atoms with van der Waals surface area (Å²) in [5, 5.41) is 6.89. The molecule has 208 valence electrons. The Morgan fingerprint density at radius 1 is 1.27 bits per heavy atom. The molecular weight excluding hydrogens is 494 g/mol. The van der Waals surface area contributed by atoms with Crippen LogP contribution in [0.1, 0.15) is 63.5 Å². The molecule has 2 aliphatic rings. The van der Waals surface area contributed by atoms with Gasteiger partial charge in [0.2, 0.25) is 5.91 Å². The quantitative estimate of drug-likeness (QED) is 0.358. The van der Waals surface area contributed by atoms with Gasteiger partial charge < -0.3 is 29.7 Å². The van der Waals surface area contributed by atoms with Crippen LogP contribution in [0.3, 0.4) is 0 Å². The van der Waals surface area contributed by atoms with Crippen LogP contribution in [0.2, 0.25) is 5.02 Å². The topological polar surface area (TPSA) is 89.1 Å². The fraction of sp³-hybridized carbons (Fsp3) is 0.714. The molecule has 9 heteroatoms. The van der Waals surface area contributed by atoms with Crippen LogP contribution in [0, 0.1) is 11.8 Å². The third kappa shape index (κ3) is 10.1. The van der Waals surface area contributed by atoms with Gasteiger partial charge in [-0.05, 0) is 68.7 Å². The van der Waals surface area contributed by atoms with Gasteiger partial charge in [0, 0.05) is 56.3 Å². The number of ether oxygens (including phenoxy) is 3. The number of hydrogen-bond donors (Lipinski definition) is 2. The first kappa shape index (κ1) is 29.7. The van der Waals surface area contributed by atoms with Crippen molar-refractivity contribution in [3.8, 4) is 0 Å². The maximum atomic E-state index is 13.3. The Morgan fingerprint density at radius 2 is 2.14 bits per heavy atom. The van der Waals surface area contributed by atoms with Crippen LogP contribution in [-0.2, 0) is 19.0 Å². The van der Waals surface area contributed by atoms with E-state index >= 15 is 0 Å². The molecule has 0 aliphatic carbocycles. The molecule has 0 aromatic heterocycles. The first-order valence-electron chi connectivity index (χ1n) is 13.8. The highest BCUT2D eigenvalue weighted by atomic mass is 35.5. The number of piperidine rings is 1. The number of nitrogens with one attached hydrogen (secondary N) is 2. The predicted molar refractivity (Wildman–Crippen MR) is 145 cm³/mol. The lowest BCUT2D eigenvalue weighted by molar-refractivity contribution is -0.134. The lowest BCUT2D eigenvalue weighted by Crippen LogP contribution is -2.43. The zero-order chi connectivity index (χ0) is 26.5. The lowest BCUT2D eigenvalue weighted by Gasteiger charge is -2.37. The average Bonchev–Trinajstić information content (AvgIpc) is 2.92. The fourth-order valence-corrected chi connectivity index (χ4v) is 5.72.